The van der Waals surface area contributed by atoms with E-state index in [1.807, 2.05) is 0 Å². The number of aryl methyl sites for hydroxylation is 1. The fraction of sp³-hybridized carbons (Fsp3) is 0.417. The zero-order chi connectivity index (χ0) is 14.4. The monoisotopic (exact) mass is 268 g/mol. The second-order valence-corrected chi connectivity index (χ2v) is 3.79. The van der Waals surface area contributed by atoms with E-state index >= 15 is 0 Å². The number of hydrogen-bond acceptors (Lipinski definition) is 4. The number of carboxylic acids is 1. The van der Waals surface area contributed by atoms with Crippen molar-refractivity contribution in [3.63, 3.8) is 0 Å². The Bertz CT molecular complexity index is 492. The molecule has 7 heteroatoms. The van der Waals surface area contributed by atoms with Crippen LogP contribution in [0.15, 0.2) is 10.5 Å². The van der Waals surface area contributed by atoms with Crippen molar-refractivity contribution < 1.29 is 23.9 Å². The van der Waals surface area contributed by atoms with Crippen LogP contribution in [-0.2, 0) is 11.2 Å². The van der Waals surface area contributed by atoms with Gasteiger partial charge in [-0.3, -0.25) is 9.59 Å². The van der Waals surface area contributed by atoms with Crippen molar-refractivity contribution in [3.8, 4) is 0 Å². The largest absolute Gasteiger partial charge is 0.478 e. The molecule has 0 aliphatic carbocycles. The maximum Gasteiger partial charge on any atom is 0.339 e. The number of furan rings is 1. The Labute approximate surface area is 110 Å². The molecule has 104 valence electrons. The van der Waals surface area contributed by atoms with Crippen LogP contribution in [0.4, 0.5) is 0 Å². The summed E-state index contributed by atoms with van der Waals surface area (Å²) in [6.45, 7) is 1.89. The predicted molar refractivity (Wildman–Crippen MR) is 66.1 cm³/mol. The minimum absolute atomic E-state index is 0.0149. The maximum absolute atomic E-state index is 11.7. The fourth-order valence-electron chi connectivity index (χ4n) is 1.49. The van der Waals surface area contributed by atoms with Crippen LogP contribution in [0.25, 0.3) is 0 Å². The molecule has 1 aromatic heterocycles. The molecule has 0 spiro atoms. The SMILES string of the molecule is CCc1oc(C(=O)NCCC(=O)NC)cc1C(=O)O. The first-order valence-electron chi connectivity index (χ1n) is 5.84. The van der Waals surface area contributed by atoms with Crippen molar-refractivity contribution in [3.05, 3.63) is 23.2 Å². The average molecular weight is 268 g/mol. The number of amides is 2. The number of hydrogen-bond donors (Lipinski definition) is 3. The first kappa shape index (κ1) is 14.7. The molecule has 0 aliphatic rings. The molecular weight excluding hydrogens is 252 g/mol. The zero-order valence-electron chi connectivity index (χ0n) is 10.8. The van der Waals surface area contributed by atoms with Crippen LogP contribution in [0.1, 0.15) is 40.0 Å². The molecule has 0 fully saturated rings. The summed E-state index contributed by atoms with van der Waals surface area (Å²) in [6, 6.07) is 1.19. The highest BCUT2D eigenvalue weighted by atomic mass is 16.4. The molecule has 19 heavy (non-hydrogen) atoms. The Morgan fingerprint density at radius 3 is 2.53 bits per heavy atom. The van der Waals surface area contributed by atoms with Crippen molar-refractivity contribution in [2.45, 2.75) is 19.8 Å². The van der Waals surface area contributed by atoms with Gasteiger partial charge in [-0.15, -0.1) is 0 Å². The molecular formula is C12H16N2O5. The summed E-state index contributed by atoms with van der Waals surface area (Å²) in [5.41, 5.74) is -0.0149. The summed E-state index contributed by atoms with van der Waals surface area (Å²) < 4.78 is 5.18. The van der Waals surface area contributed by atoms with E-state index in [-0.39, 0.29) is 36.0 Å². The van der Waals surface area contributed by atoms with Crippen molar-refractivity contribution in [1.29, 1.82) is 0 Å². The summed E-state index contributed by atoms with van der Waals surface area (Å²) in [5.74, 6) is -1.67. The topological polar surface area (TPSA) is 109 Å². The normalized spacial score (nSPS) is 10.0. The average Bonchev–Trinajstić information content (AvgIpc) is 2.82. The Morgan fingerprint density at radius 1 is 1.37 bits per heavy atom. The molecule has 0 saturated heterocycles. The summed E-state index contributed by atoms with van der Waals surface area (Å²) in [4.78, 5) is 33.6. The summed E-state index contributed by atoms with van der Waals surface area (Å²) in [5, 5.41) is 13.8. The Balaban J connectivity index is 2.67. The molecule has 7 nitrogen and oxygen atoms in total. The number of carboxylic acid groups (broad SMARTS) is 1. The molecule has 0 atom stereocenters. The van der Waals surface area contributed by atoms with Crippen molar-refractivity contribution in [2.75, 3.05) is 13.6 Å². The van der Waals surface area contributed by atoms with Gasteiger partial charge in [0.05, 0.1) is 0 Å². The molecule has 1 heterocycles. The van der Waals surface area contributed by atoms with Crippen LogP contribution >= 0.6 is 0 Å². The van der Waals surface area contributed by atoms with Crippen molar-refractivity contribution in [1.82, 2.24) is 10.6 Å². The molecule has 0 bridgehead atoms. The van der Waals surface area contributed by atoms with Gasteiger partial charge in [0.2, 0.25) is 5.91 Å². The van der Waals surface area contributed by atoms with Crippen LogP contribution in [0, 0.1) is 0 Å². The minimum Gasteiger partial charge on any atom is -0.478 e. The van der Waals surface area contributed by atoms with Crippen molar-refractivity contribution in [2.24, 2.45) is 0 Å². The predicted octanol–water partition coefficient (Wildman–Crippen LogP) is 0.406. The van der Waals surface area contributed by atoms with E-state index in [0.717, 1.165) is 0 Å². The fourth-order valence-corrected chi connectivity index (χ4v) is 1.49. The smallest absolute Gasteiger partial charge is 0.339 e. The maximum atomic E-state index is 11.7. The van der Waals surface area contributed by atoms with E-state index in [9.17, 15) is 14.4 Å². The van der Waals surface area contributed by atoms with Crippen LogP contribution in [0.2, 0.25) is 0 Å². The Hall–Kier alpha value is -2.31. The molecule has 1 aromatic rings. The van der Waals surface area contributed by atoms with Gasteiger partial charge in [0.25, 0.3) is 5.91 Å². The number of carbonyl (C=O) groups excluding carboxylic acids is 2. The highest BCUT2D eigenvalue weighted by Crippen LogP contribution is 2.16. The second kappa shape index (κ2) is 6.58. The van der Waals surface area contributed by atoms with Gasteiger partial charge in [-0.05, 0) is 0 Å². The van der Waals surface area contributed by atoms with Gasteiger partial charge >= 0.3 is 5.97 Å². The lowest BCUT2D eigenvalue weighted by Crippen LogP contribution is -2.28. The standard InChI is InChI=1S/C12H16N2O5/c1-3-8-7(12(17)18)6-9(19-8)11(16)14-5-4-10(15)13-2/h6H,3-5H2,1-2H3,(H,13,15)(H,14,16)(H,17,18). The zero-order valence-corrected chi connectivity index (χ0v) is 10.8. The second-order valence-electron chi connectivity index (χ2n) is 3.79. The van der Waals surface area contributed by atoms with E-state index in [1.54, 1.807) is 6.92 Å². The number of rotatable bonds is 6. The van der Waals surface area contributed by atoms with Gasteiger partial charge in [0.1, 0.15) is 11.3 Å². The van der Waals surface area contributed by atoms with E-state index in [4.69, 9.17) is 9.52 Å². The van der Waals surface area contributed by atoms with Crippen LogP contribution < -0.4 is 10.6 Å². The van der Waals surface area contributed by atoms with Gasteiger partial charge in [-0.2, -0.15) is 0 Å². The highest BCUT2D eigenvalue weighted by Gasteiger charge is 2.19. The van der Waals surface area contributed by atoms with Gasteiger partial charge < -0.3 is 20.2 Å². The first-order valence-corrected chi connectivity index (χ1v) is 5.84. The lowest BCUT2D eigenvalue weighted by molar-refractivity contribution is -0.120. The van der Waals surface area contributed by atoms with E-state index in [0.29, 0.717) is 6.42 Å². The molecule has 1 rings (SSSR count). The van der Waals surface area contributed by atoms with Gasteiger partial charge in [-0.25, -0.2) is 4.79 Å². The molecule has 0 radical (unpaired) electrons. The molecule has 0 aromatic carbocycles. The summed E-state index contributed by atoms with van der Waals surface area (Å²) in [7, 11) is 1.50. The quantitative estimate of drug-likeness (QED) is 0.692. The lowest BCUT2D eigenvalue weighted by atomic mass is 10.2. The molecule has 0 aliphatic heterocycles. The third-order valence-electron chi connectivity index (χ3n) is 2.50. The van der Waals surface area contributed by atoms with Crippen LogP contribution in [0.5, 0.6) is 0 Å². The molecule has 2 amide bonds. The number of aromatic carboxylic acids is 1. The van der Waals surface area contributed by atoms with Gasteiger partial charge in [0.15, 0.2) is 5.76 Å². The van der Waals surface area contributed by atoms with Gasteiger partial charge in [0, 0.05) is 32.5 Å². The summed E-state index contributed by atoms with van der Waals surface area (Å²) >= 11 is 0. The van der Waals surface area contributed by atoms with Gasteiger partial charge in [-0.1, -0.05) is 6.92 Å². The third kappa shape index (κ3) is 3.84. The third-order valence-corrected chi connectivity index (χ3v) is 2.50. The van der Waals surface area contributed by atoms with Crippen LogP contribution in [0.3, 0.4) is 0 Å². The first-order chi connectivity index (χ1) is 8.99. The Kier molecular flexibility index (Phi) is 5.11. The molecule has 0 unspecified atom stereocenters. The van der Waals surface area contributed by atoms with Crippen molar-refractivity contribution >= 4 is 17.8 Å². The molecule has 0 saturated carbocycles. The lowest BCUT2D eigenvalue weighted by Gasteiger charge is -2.02. The number of nitrogens with one attached hydrogen (secondary N) is 2. The Morgan fingerprint density at radius 2 is 2.05 bits per heavy atom. The van der Waals surface area contributed by atoms with E-state index in [2.05, 4.69) is 10.6 Å². The highest BCUT2D eigenvalue weighted by molar-refractivity contribution is 5.96. The van der Waals surface area contributed by atoms with E-state index < -0.39 is 11.9 Å². The summed E-state index contributed by atoms with van der Waals surface area (Å²) in [6.07, 6.45) is 0.530. The number of carbonyl (C=O) groups is 3. The molecule has 3 N–H and O–H groups in total. The van der Waals surface area contributed by atoms with Crippen LogP contribution in [-0.4, -0.2) is 36.5 Å². The van der Waals surface area contributed by atoms with E-state index in [1.165, 1.54) is 13.1 Å². The minimum atomic E-state index is -1.13.